The number of carbonyl (C=O) groups is 4. The molecule has 2 aromatic heterocycles. The van der Waals surface area contributed by atoms with Crippen LogP contribution in [0.1, 0.15) is 50.2 Å². The van der Waals surface area contributed by atoms with Crippen molar-refractivity contribution in [2.75, 3.05) is 0 Å². The van der Waals surface area contributed by atoms with Gasteiger partial charge in [0.05, 0.1) is 18.1 Å². The lowest BCUT2D eigenvalue weighted by Crippen LogP contribution is -2.59. The van der Waals surface area contributed by atoms with E-state index < -0.39 is 65.2 Å². The van der Waals surface area contributed by atoms with Crippen LogP contribution in [0.3, 0.4) is 0 Å². The van der Waals surface area contributed by atoms with E-state index in [9.17, 15) is 29.1 Å². The summed E-state index contributed by atoms with van der Waals surface area (Å²) in [5, 5.41) is 16.2. The minimum absolute atomic E-state index is 0.0790. The number of ether oxygens (including phenoxy) is 2. The molecule has 204 valence electrons. The van der Waals surface area contributed by atoms with Gasteiger partial charge in [-0.15, -0.1) is 0 Å². The number of rotatable bonds is 5. The van der Waals surface area contributed by atoms with Crippen LogP contribution in [0.2, 0.25) is 0 Å². The summed E-state index contributed by atoms with van der Waals surface area (Å²) in [5.74, 6) is -5.23. The van der Waals surface area contributed by atoms with E-state index in [1.165, 1.54) is 13.8 Å². The van der Waals surface area contributed by atoms with Crippen molar-refractivity contribution in [1.82, 2.24) is 24.4 Å². The Labute approximate surface area is 222 Å². The second-order valence-electron chi connectivity index (χ2n) is 8.87. The van der Waals surface area contributed by atoms with Gasteiger partial charge in [-0.1, -0.05) is 13.0 Å². The first-order valence-electron chi connectivity index (χ1n) is 11.9. The maximum Gasteiger partial charge on any atom is 0.374 e. The third kappa shape index (κ3) is 6.69. The Hall–Kier alpha value is -3.91. The van der Waals surface area contributed by atoms with E-state index in [-0.39, 0.29) is 12.2 Å². The zero-order valence-electron chi connectivity index (χ0n) is 21.2. The molecule has 38 heavy (non-hydrogen) atoms. The molecular weight excluding hydrogens is 518 g/mol. The number of hydrogen-bond acceptors (Lipinski definition) is 11. The molecule has 2 amide bonds. The highest BCUT2D eigenvalue weighted by Gasteiger charge is 2.39. The number of pyridine rings is 1. The van der Waals surface area contributed by atoms with Gasteiger partial charge < -0.3 is 25.2 Å². The molecule has 0 spiro atoms. The molecule has 5 atom stereocenters. The first-order valence-corrected chi connectivity index (χ1v) is 12.7. The van der Waals surface area contributed by atoms with E-state index in [0.717, 1.165) is 0 Å². The second kappa shape index (κ2) is 12.6. The number of amides is 2. The number of nitrogens with zero attached hydrogens (tertiary/aromatic N) is 2. The fraction of sp³-hybridized carbons (Fsp3) is 0.458. The minimum atomic E-state index is -1.50. The Kier molecular flexibility index (Phi) is 9.47. The number of nitrogens with one attached hydrogen (secondary N) is 3. The van der Waals surface area contributed by atoms with Gasteiger partial charge in [0.1, 0.15) is 12.1 Å². The summed E-state index contributed by atoms with van der Waals surface area (Å²) in [7, 11) is 0. The Balaban J connectivity index is 2.03. The van der Waals surface area contributed by atoms with Crippen molar-refractivity contribution in [1.29, 1.82) is 0 Å². The van der Waals surface area contributed by atoms with Gasteiger partial charge in [0.15, 0.2) is 0 Å². The van der Waals surface area contributed by atoms with Crippen molar-refractivity contribution < 1.29 is 33.8 Å². The quantitative estimate of drug-likeness (QED) is 0.298. The first-order chi connectivity index (χ1) is 18.0. The number of aromatic nitrogens is 3. The number of cyclic esters (lactones) is 2. The number of H-pyrrole nitrogens is 1. The van der Waals surface area contributed by atoms with Gasteiger partial charge >= 0.3 is 11.9 Å². The van der Waals surface area contributed by atoms with E-state index in [0.29, 0.717) is 29.3 Å². The van der Waals surface area contributed by atoms with E-state index >= 15 is 0 Å². The smallest absolute Gasteiger partial charge is 0.374 e. The highest BCUT2D eigenvalue weighted by molar-refractivity contribution is 6.99. The molecule has 4 N–H and O–H groups in total. The van der Waals surface area contributed by atoms with Crippen LogP contribution >= 0.6 is 11.7 Å². The molecule has 0 saturated carbocycles. The van der Waals surface area contributed by atoms with Crippen molar-refractivity contribution in [3.05, 3.63) is 57.5 Å². The van der Waals surface area contributed by atoms with Crippen LogP contribution in [-0.2, 0) is 30.3 Å². The molecule has 1 saturated heterocycles. The lowest BCUT2D eigenvalue weighted by Gasteiger charge is -2.32. The zero-order chi connectivity index (χ0) is 28.0. The number of allylic oxidation sites excluding steroid dienone is 1. The molecule has 0 aliphatic carbocycles. The normalized spacial score (nSPS) is 26.2. The summed E-state index contributed by atoms with van der Waals surface area (Å²) in [6, 6.07) is 0.884. The number of carbonyl (C=O) groups excluding carboxylic acids is 4. The molecule has 1 aliphatic rings. The topological polar surface area (TPSA) is 190 Å². The molecule has 3 heterocycles. The largest absolute Gasteiger partial charge is 0.454 e. The third-order valence-corrected chi connectivity index (χ3v) is 6.70. The average molecular weight is 548 g/mol. The number of esters is 2. The van der Waals surface area contributed by atoms with Gasteiger partial charge in [0.25, 0.3) is 11.5 Å². The molecule has 3 rings (SSSR count). The molecule has 13 nitrogen and oxygen atoms in total. The molecule has 2 aromatic rings. The standard InChI is InChI=1S/C24H29N5O8S/c1-5-11(2)19-24(35)36-13(4)16(27-21(32)17-22(33)29-38-28-17)20(31)26-15(9-14-7-6-8-25-10-14)18(30)12(3)23(34)37-19/h6-8,10,12-13,15-16,18,30H,5,9H2,1-4H3,(H,26,31)(H,27,32)(H,29,33)/b19-11-/t12-,13-,15+,16+,18+/m1/s1. The van der Waals surface area contributed by atoms with Crippen LogP contribution in [0.25, 0.3) is 0 Å². The van der Waals surface area contributed by atoms with Crippen molar-refractivity contribution >= 4 is 35.5 Å². The fourth-order valence-corrected chi connectivity index (χ4v) is 4.17. The molecule has 1 aliphatic heterocycles. The molecule has 0 bridgehead atoms. The van der Waals surface area contributed by atoms with Gasteiger partial charge in [-0.25, -0.2) is 4.79 Å². The number of aliphatic hydroxyl groups excluding tert-OH is 1. The van der Waals surface area contributed by atoms with Crippen LogP contribution in [-0.4, -0.2) is 66.9 Å². The SMILES string of the molecule is CC/C(C)=C1\OC(=O)[C@H](C)[C@H](O)[C@H](Cc2cccnc2)NC(=O)[C@@H](NC(=O)c2ns[nH]c2=O)[C@@H](C)OC1=O. The molecule has 0 unspecified atom stereocenters. The Morgan fingerprint density at radius 1 is 1.24 bits per heavy atom. The van der Waals surface area contributed by atoms with E-state index in [1.54, 1.807) is 38.4 Å². The van der Waals surface area contributed by atoms with Crippen LogP contribution in [0.5, 0.6) is 0 Å². The van der Waals surface area contributed by atoms with Crippen molar-refractivity contribution in [3.8, 4) is 0 Å². The summed E-state index contributed by atoms with van der Waals surface area (Å²) < 4.78 is 16.8. The average Bonchev–Trinajstić information content (AvgIpc) is 3.34. The van der Waals surface area contributed by atoms with Crippen LogP contribution in [0.4, 0.5) is 0 Å². The van der Waals surface area contributed by atoms with E-state index in [2.05, 4.69) is 24.4 Å². The third-order valence-electron chi connectivity index (χ3n) is 6.15. The lowest BCUT2D eigenvalue weighted by atomic mass is 9.92. The summed E-state index contributed by atoms with van der Waals surface area (Å²) in [6.45, 7) is 6.08. The van der Waals surface area contributed by atoms with E-state index in [4.69, 9.17) is 9.47 Å². The van der Waals surface area contributed by atoms with Gasteiger partial charge in [-0.2, -0.15) is 4.37 Å². The van der Waals surface area contributed by atoms with Crippen LogP contribution < -0.4 is 16.2 Å². The monoisotopic (exact) mass is 547 g/mol. The van der Waals surface area contributed by atoms with Crippen molar-refractivity contribution in [3.63, 3.8) is 0 Å². The summed E-state index contributed by atoms with van der Waals surface area (Å²) in [5.41, 5.74) is -0.161. The second-order valence-corrected chi connectivity index (χ2v) is 9.44. The highest BCUT2D eigenvalue weighted by atomic mass is 32.1. The zero-order valence-corrected chi connectivity index (χ0v) is 22.0. The van der Waals surface area contributed by atoms with Gasteiger partial charge in [0, 0.05) is 24.1 Å². The first kappa shape index (κ1) is 28.7. The Morgan fingerprint density at radius 3 is 2.58 bits per heavy atom. The molecular formula is C24H29N5O8S. The number of aliphatic hydroxyl groups is 1. The Morgan fingerprint density at radius 2 is 1.97 bits per heavy atom. The van der Waals surface area contributed by atoms with Crippen LogP contribution in [0, 0.1) is 5.92 Å². The van der Waals surface area contributed by atoms with Crippen molar-refractivity contribution in [2.45, 2.75) is 64.8 Å². The van der Waals surface area contributed by atoms with Gasteiger partial charge in [-0.05, 0) is 50.8 Å². The Bertz CT molecular complexity index is 1270. The van der Waals surface area contributed by atoms with Crippen molar-refractivity contribution in [2.24, 2.45) is 5.92 Å². The lowest BCUT2D eigenvalue weighted by molar-refractivity contribution is -0.161. The fourth-order valence-electron chi connectivity index (χ4n) is 3.69. The number of aromatic amines is 1. The van der Waals surface area contributed by atoms with Gasteiger partial charge in [-0.3, -0.25) is 28.5 Å². The van der Waals surface area contributed by atoms with E-state index in [1.807, 2.05) is 0 Å². The van der Waals surface area contributed by atoms with Gasteiger partial charge in [0.2, 0.25) is 17.4 Å². The summed E-state index contributed by atoms with van der Waals surface area (Å²) in [4.78, 5) is 68.0. The maximum absolute atomic E-state index is 13.5. The highest BCUT2D eigenvalue weighted by Crippen LogP contribution is 2.21. The molecule has 0 radical (unpaired) electrons. The minimum Gasteiger partial charge on any atom is -0.454 e. The summed E-state index contributed by atoms with van der Waals surface area (Å²) >= 11 is 0.658. The predicted molar refractivity (Wildman–Crippen MR) is 134 cm³/mol. The number of hydrogen-bond donors (Lipinski definition) is 4. The van der Waals surface area contributed by atoms with Crippen LogP contribution in [0.15, 0.2) is 40.7 Å². The maximum atomic E-state index is 13.5. The molecule has 0 aromatic carbocycles. The molecule has 14 heteroatoms. The molecule has 1 fully saturated rings. The summed E-state index contributed by atoms with van der Waals surface area (Å²) in [6.07, 6.45) is 0.802. The predicted octanol–water partition coefficient (Wildman–Crippen LogP) is 0.222.